The van der Waals surface area contributed by atoms with Crippen molar-refractivity contribution in [2.75, 3.05) is 23.9 Å². The minimum Gasteiger partial charge on any atom is -0.492 e. The van der Waals surface area contributed by atoms with Crippen LogP contribution in [0.1, 0.15) is 44.6 Å². The van der Waals surface area contributed by atoms with E-state index in [4.69, 9.17) is 9.47 Å². The fraction of sp³-hybridized carbons (Fsp3) is 0.387. The number of fused-ring (bicyclic) bond motifs is 1. The summed E-state index contributed by atoms with van der Waals surface area (Å²) in [4.78, 5) is 25.3. The molecule has 4 fully saturated rings. The van der Waals surface area contributed by atoms with Crippen molar-refractivity contribution in [2.45, 2.75) is 51.1 Å². The number of nitrogens with zero attached hydrogens (tertiary/aromatic N) is 6. The van der Waals surface area contributed by atoms with Gasteiger partial charge in [-0.05, 0) is 69.2 Å². The molecule has 4 aromatic rings. The van der Waals surface area contributed by atoms with E-state index in [1.807, 2.05) is 37.4 Å². The van der Waals surface area contributed by atoms with Crippen LogP contribution in [0.5, 0.6) is 11.6 Å². The molecule has 4 bridgehead atoms. The van der Waals surface area contributed by atoms with Crippen LogP contribution in [0.3, 0.4) is 0 Å². The Morgan fingerprint density at radius 3 is 2.61 bits per heavy atom. The summed E-state index contributed by atoms with van der Waals surface area (Å²) >= 11 is 0. The first-order valence-corrected chi connectivity index (χ1v) is 14.1. The molecule has 2 aliphatic heterocycles. The van der Waals surface area contributed by atoms with Crippen LogP contribution in [-0.2, 0) is 4.79 Å². The maximum atomic E-state index is 13.8. The van der Waals surface area contributed by atoms with E-state index in [0.717, 1.165) is 48.9 Å². The number of piperidine rings is 2. The van der Waals surface area contributed by atoms with E-state index in [-0.39, 0.29) is 11.3 Å². The SMILES string of the molecule is CCOc1cc(-c2ccc(NC(=O)C34CC5CC(C3)N(c3ccc(OC)nc3)C(C5)C4)nc2)c2c(C#N)cnn2c1. The molecule has 1 amide bonds. The highest BCUT2D eigenvalue weighted by molar-refractivity contribution is 5.95. The average molecular weight is 550 g/mol. The fourth-order valence-corrected chi connectivity index (χ4v) is 7.49. The van der Waals surface area contributed by atoms with Gasteiger partial charge in [0.15, 0.2) is 0 Å². The molecule has 10 heteroatoms. The summed E-state index contributed by atoms with van der Waals surface area (Å²) in [6.45, 7) is 2.43. The molecule has 6 heterocycles. The normalized spacial score (nSPS) is 24.3. The second-order valence-corrected chi connectivity index (χ2v) is 11.4. The molecule has 0 radical (unpaired) electrons. The van der Waals surface area contributed by atoms with Crippen LogP contribution in [0.25, 0.3) is 16.6 Å². The largest absolute Gasteiger partial charge is 0.492 e. The van der Waals surface area contributed by atoms with Gasteiger partial charge in [0, 0.05) is 35.5 Å². The first-order valence-electron chi connectivity index (χ1n) is 14.1. The lowest BCUT2D eigenvalue weighted by molar-refractivity contribution is -0.134. The van der Waals surface area contributed by atoms with Crippen molar-refractivity contribution in [3.8, 4) is 28.8 Å². The number of rotatable bonds is 7. The molecule has 1 N–H and O–H groups in total. The van der Waals surface area contributed by atoms with Gasteiger partial charge in [0.2, 0.25) is 11.8 Å². The molecule has 0 spiro atoms. The standard InChI is InChI=1S/C31H31N7O3/c1-3-41-25-10-26(29-21(14-32)16-35-37(29)18-25)20-4-6-27(33-15-20)36-30(39)31-11-19-8-23(12-31)38(24(9-19)13-31)22-5-7-28(40-2)34-17-22/h4-7,10,15-19,23-24H,3,8-9,11-13H2,1-2H3,(H,33,36,39). The monoisotopic (exact) mass is 549 g/mol. The Morgan fingerprint density at radius 1 is 1.12 bits per heavy atom. The second kappa shape index (κ2) is 9.77. The molecular formula is C31H31N7O3. The smallest absolute Gasteiger partial charge is 0.231 e. The van der Waals surface area contributed by atoms with Crippen molar-refractivity contribution < 1.29 is 14.3 Å². The van der Waals surface area contributed by atoms with Crippen molar-refractivity contribution in [2.24, 2.45) is 11.3 Å². The molecule has 10 nitrogen and oxygen atoms in total. The van der Waals surface area contributed by atoms with Crippen LogP contribution in [0.2, 0.25) is 0 Å². The van der Waals surface area contributed by atoms with Crippen LogP contribution < -0.4 is 19.7 Å². The molecule has 2 saturated heterocycles. The lowest BCUT2D eigenvalue weighted by Crippen LogP contribution is -2.64. The summed E-state index contributed by atoms with van der Waals surface area (Å²) in [7, 11) is 1.62. The summed E-state index contributed by atoms with van der Waals surface area (Å²) in [6, 6.07) is 12.5. The second-order valence-electron chi connectivity index (χ2n) is 11.4. The van der Waals surface area contributed by atoms with Crippen LogP contribution >= 0.6 is 0 Å². The van der Waals surface area contributed by atoms with Gasteiger partial charge in [0.05, 0.1) is 54.5 Å². The highest BCUT2D eigenvalue weighted by atomic mass is 16.5. The maximum absolute atomic E-state index is 13.8. The number of hydrogen-bond acceptors (Lipinski definition) is 8. The first kappa shape index (κ1) is 25.3. The lowest BCUT2D eigenvalue weighted by atomic mass is 9.55. The predicted octanol–water partition coefficient (Wildman–Crippen LogP) is 4.85. The Bertz CT molecular complexity index is 1640. The molecule has 41 heavy (non-hydrogen) atoms. The van der Waals surface area contributed by atoms with Gasteiger partial charge in [-0.15, -0.1) is 0 Å². The molecule has 8 rings (SSSR count). The van der Waals surface area contributed by atoms with Gasteiger partial charge >= 0.3 is 0 Å². The molecule has 4 aliphatic rings. The van der Waals surface area contributed by atoms with Crippen molar-refractivity contribution in [1.29, 1.82) is 5.26 Å². The number of pyridine rings is 3. The Morgan fingerprint density at radius 2 is 1.95 bits per heavy atom. The van der Waals surface area contributed by atoms with Crippen molar-refractivity contribution in [3.05, 3.63) is 60.7 Å². The fourth-order valence-electron chi connectivity index (χ4n) is 7.49. The lowest BCUT2D eigenvalue weighted by Gasteiger charge is -2.61. The quantitative estimate of drug-likeness (QED) is 0.348. The van der Waals surface area contributed by atoms with Crippen molar-refractivity contribution in [1.82, 2.24) is 19.6 Å². The average Bonchev–Trinajstić information content (AvgIpc) is 3.40. The number of nitriles is 1. The van der Waals surface area contributed by atoms with Gasteiger partial charge in [-0.1, -0.05) is 0 Å². The molecule has 2 saturated carbocycles. The summed E-state index contributed by atoms with van der Waals surface area (Å²) in [5.41, 5.74) is 3.49. The van der Waals surface area contributed by atoms with E-state index in [0.29, 0.717) is 53.1 Å². The number of carbonyl (C=O) groups is 1. The number of carbonyl (C=O) groups excluding carboxylic acids is 1. The third kappa shape index (κ3) is 4.24. The molecule has 0 aromatic carbocycles. The Labute approximate surface area is 237 Å². The molecular weight excluding hydrogens is 518 g/mol. The Hall–Kier alpha value is -4.65. The predicted molar refractivity (Wildman–Crippen MR) is 153 cm³/mol. The summed E-state index contributed by atoms with van der Waals surface area (Å²) in [6.07, 6.45) is 11.7. The molecule has 208 valence electrons. The number of hydrogen-bond donors (Lipinski definition) is 1. The molecule has 2 unspecified atom stereocenters. The van der Waals surface area contributed by atoms with Gasteiger partial charge in [-0.3, -0.25) is 4.79 Å². The zero-order chi connectivity index (χ0) is 28.1. The molecule has 2 aliphatic carbocycles. The van der Waals surface area contributed by atoms with Gasteiger partial charge < -0.3 is 19.7 Å². The maximum Gasteiger partial charge on any atom is 0.231 e. The van der Waals surface area contributed by atoms with E-state index in [1.165, 1.54) is 0 Å². The topological polar surface area (TPSA) is 118 Å². The Kier molecular flexibility index (Phi) is 6.03. The number of ether oxygens (including phenoxy) is 2. The summed E-state index contributed by atoms with van der Waals surface area (Å²) in [5, 5.41) is 17.1. The van der Waals surface area contributed by atoms with Crippen LogP contribution in [-0.4, -0.2) is 51.3 Å². The van der Waals surface area contributed by atoms with E-state index >= 15 is 0 Å². The summed E-state index contributed by atoms with van der Waals surface area (Å²) < 4.78 is 12.6. The summed E-state index contributed by atoms with van der Waals surface area (Å²) in [5.74, 6) is 2.40. The first-order chi connectivity index (χ1) is 20.0. The van der Waals surface area contributed by atoms with E-state index in [9.17, 15) is 10.1 Å². The highest BCUT2D eigenvalue weighted by Crippen LogP contribution is 2.57. The highest BCUT2D eigenvalue weighted by Gasteiger charge is 2.57. The molecule has 4 aromatic heterocycles. The zero-order valence-corrected chi connectivity index (χ0v) is 23.1. The van der Waals surface area contributed by atoms with Crippen molar-refractivity contribution >= 4 is 22.9 Å². The van der Waals surface area contributed by atoms with E-state index < -0.39 is 0 Å². The van der Waals surface area contributed by atoms with Gasteiger partial charge in [-0.2, -0.15) is 10.4 Å². The number of aromatic nitrogens is 4. The number of methoxy groups -OCH3 is 1. The number of anilines is 2. The van der Waals surface area contributed by atoms with Gasteiger partial charge in [0.1, 0.15) is 17.6 Å². The Balaban J connectivity index is 1.12. The number of amides is 1. The van der Waals surface area contributed by atoms with Gasteiger partial charge in [-0.25, -0.2) is 14.5 Å². The minimum absolute atomic E-state index is 0.0629. The van der Waals surface area contributed by atoms with Crippen LogP contribution in [0, 0.1) is 22.7 Å². The number of nitrogens with one attached hydrogen (secondary N) is 1. The van der Waals surface area contributed by atoms with E-state index in [1.54, 1.807) is 30.2 Å². The van der Waals surface area contributed by atoms with Crippen LogP contribution in [0.4, 0.5) is 11.5 Å². The van der Waals surface area contributed by atoms with Crippen molar-refractivity contribution in [3.63, 3.8) is 0 Å². The van der Waals surface area contributed by atoms with Crippen LogP contribution in [0.15, 0.2) is 55.1 Å². The van der Waals surface area contributed by atoms with Gasteiger partial charge in [0.25, 0.3) is 0 Å². The zero-order valence-electron chi connectivity index (χ0n) is 23.1. The van der Waals surface area contributed by atoms with E-state index in [2.05, 4.69) is 37.4 Å². The molecule has 2 atom stereocenters. The minimum atomic E-state index is -0.384. The third-order valence-electron chi connectivity index (χ3n) is 8.97. The third-order valence-corrected chi connectivity index (χ3v) is 8.97.